The SMILES string of the molecule is Oc1c(CC2CCNCC2)cc2c(c1F)OCO2. The summed E-state index contributed by atoms with van der Waals surface area (Å²) in [5.74, 6) is -0.0839. The fourth-order valence-corrected chi connectivity index (χ4v) is 2.59. The van der Waals surface area contributed by atoms with Gasteiger partial charge < -0.3 is 19.9 Å². The van der Waals surface area contributed by atoms with Gasteiger partial charge in [-0.1, -0.05) is 0 Å². The number of piperidine rings is 1. The predicted octanol–water partition coefficient (Wildman–Crippen LogP) is 1.80. The molecule has 18 heavy (non-hydrogen) atoms. The molecular formula is C13H16FNO3. The van der Waals surface area contributed by atoms with E-state index in [4.69, 9.17) is 9.47 Å². The van der Waals surface area contributed by atoms with Crippen LogP contribution in [0.2, 0.25) is 0 Å². The number of nitrogens with one attached hydrogen (secondary N) is 1. The summed E-state index contributed by atoms with van der Waals surface area (Å²) in [5.41, 5.74) is 0.614. The van der Waals surface area contributed by atoms with Crippen molar-refractivity contribution in [1.29, 1.82) is 0 Å². The average Bonchev–Trinajstić information content (AvgIpc) is 2.85. The summed E-state index contributed by atoms with van der Waals surface area (Å²) < 4.78 is 24.0. The minimum Gasteiger partial charge on any atom is -0.505 e. The lowest BCUT2D eigenvalue weighted by molar-refractivity contribution is 0.170. The number of halogens is 1. The van der Waals surface area contributed by atoms with Gasteiger partial charge in [-0.05, 0) is 44.3 Å². The van der Waals surface area contributed by atoms with Crippen LogP contribution >= 0.6 is 0 Å². The highest BCUT2D eigenvalue weighted by molar-refractivity contribution is 5.52. The van der Waals surface area contributed by atoms with Gasteiger partial charge in [0.25, 0.3) is 0 Å². The maximum Gasteiger partial charge on any atom is 0.231 e. The molecular weight excluding hydrogens is 237 g/mol. The van der Waals surface area contributed by atoms with Gasteiger partial charge in [-0.2, -0.15) is 4.39 Å². The van der Waals surface area contributed by atoms with Gasteiger partial charge in [-0.15, -0.1) is 0 Å². The second-order valence-corrected chi connectivity index (χ2v) is 4.83. The van der Waals surface area contributed by atoms with E-state index >= 15 is 0 Å². The summed E-state index contributed by atoms with van der Waals surface area (Å²) in [6.45, 7) is 1.99. The van der Waals surface area contributed by atoms with Crippen LogP contribution in [0.3, 0.4) is 0 Å². The van der Waals surface area contributed by atoms with E-state index < -0.39 is 5.82 Å². The lowest BCUT2D eigenvalue weighted by Gasteiger charge is -2.23. The molecule has 0 unspecified atom stereocenters. The van der Waals surface area contributed by atoms with Crippen LogP contribution in [0.25, 0.3) is 0 Å². The van der Waals surface area contributed by atoms with Crippen LogP contribution in [0, 0.1) is 11.7 Å². The lowest BCUT2D eigenvalue weighted by atomic mass is 9.90. The summed E-state index contributed by atoms with van der Waals surface area (Å²) in [6, 6.07) is 1.70. The van der Waals surface area contributed by atoms with Crippen molar-refractivity contribution >= 4 is 0 Å². The fourth-order valence-electron chi connectivity index (χ4n) is 2.59. The normalized spacial score (nSPS) is 19.2. The molecule has 0 amide bonds. The third-order valence-electron chi connectivity index (χ3n) is 3.63. The molecule has 0 atom stereocenters. The van der Waals surface area contributed by atoms with Crippen molar-refractivity contribution in [2.24, 2.45) is 5.92 Å². The van der Waals surface area contributed by atoms with Gasteiger partial charge in [0.2, 0.25) is 18.4 Å². The zero-order valence-electron chi connectivity index (χ0n) is 10.0. The first-order chi connectivity index (χ1) is 8.75. The first-order valence-electron chi connectivity index (χ1n) is 6.26. The van der Waals surface area contributed by atoms with Gasteiger partial charge in [0.15, 0.2) is 11.5 Å². The van der Waals surface area contributed by atoms with Crippen LogP contribution < -0.4 is 14.8 Å². The van der Waals surface area contributed by atoms with E-state index in [1.54, 1.807) is 6.07 Å². The van der Waals surface area contributed by atoms with E-state index in [2.05, 4.69) is 5.32 Å². The second kappa shape index (κ2) is 4.65. The highest BCUT2D eigenvalue weighted by Gasteiger charge is 2.26. The van der Waals surface area contributed by atoms with Gasteiger partial charge in [0.05, 0.1) is 0 Å². The van der Waals surface area contributed by atoms with Crippen molar-refractivity contribution in [1.82, 2.24) is 5.32 Å². The maximum atomic E-state index is 13.9. The van der Waals surface area contributed by atoms with E-state index in [0.717, 1.165) is 25.9 Å². The number of ether oxygens (including phenoxy) is 2. The number of benzene rings is 1. The van der Waals surface area contributed by atoms with Gasteiger partial charge >= 0.3 is 0 Å². The van der Waals surface area contributed by atoms with Crippen molar-refractivity contribution in [3.05, 3.63) is 17.4 Å². The van der Waals surface area contributed by atoms with Gasteiger partial charge in [-0.3, -0.25) is 0 Å². The van der Waals surface area contributed by atoms with Crippen molar-refractivity contribution in [2.45, 2.75) is 19.3 Å². The molecule has 1 fully saturated rings. The number of phenolic OH excluding ortho intramolecular Hbond substituents is 1. The minimum absolute atomic E-state index is 0.0164. The number of phenols is 1. The standard InChI is InChI=1S/C13H16FNO3/c14-11-12(16)9(5-8-1-3-15-4-2-8)6-10-13(11)18-7-17-10/h6,8,15-16H,1-5,7H2. The Balaban J connectivity index is 1.85. The van der Waals surface area contributed by atoms with Crippen LogP contribution in [0.5, 0.6) is 17.2 Å². The second-order valence-electron chi connectivity index (χ2n) is 4.83. The minimum atomic E-state index is -0.700. The molecule has 1 saturated heterocycles. The lowest BCUT2D eigenvalue weighted by Crippen LogP contribution is -2.28. The van der Waals surface area contributed by atoms with Gasteiger partial charge in [-0.25, -0.2) is 0 Å². The maximum absolute atomic E-state index is 13.9. The first-order valence-corrected chi connectivity index (χ1v) is 6.26. The summed E-state index contributed by atoms with van der Waals surface area (Å²) in [7, 11) is 0. The van der Waals surface area contributed by atoms with Crippen molar-refractivity contribution < 1.29 is 19.0 Å². The molecule has 0 saturated carbocycles. The molecule has 0 spiro atoms. The summed E-state index contributed by atoms with van der Waals surface area (Å²) in [4.78, 5) is 0. The highest BCUT2D eigenvalue weighted by atomic mass is 19.1. The molecule has 2 heterocycles. The van der Waals surface area contributed by atoms with E-state index in [1.807, 2.05) is 0 Å². The number of rotatable bonds is 2. The smallest absolute Gasteiger partial charge is 0.231 e. The predicted molar refractivity (Wildman–Crippen MR) is 63.5 cm³/mol. The van der Waals surface area contributed by atoms with Crippen LogP contribution in [-0.4, -0.2) is 25.0 Å². The molecule has 2 aliphatic rings. The largest absolute Gasteiger partial charge is 0.505 e. The number of aromatic hydroxyl groups is 1. The zero-order valence-corrected chi connectivity index (χ0v) is 10.0. The Morgan fingerprint density at radius 3 is 2.89 bits per heavy atom. The first kappa shape index (κ1) is 11.6. The summed E-state index contributed by atoms with van der Waals surface area (Å²) in [6.07, 6.45) is 2.78. The number of hydrogen-bond donors (Lipinski definition) is 2. The molecule has 0 aromatic heterocycles. The van der Waals surface area contributed by atoms with Crippen LogP contribution in [0.1, 0.15) is 18.4 Å². The number of hydrogen-bond acceptors (Lipinski definition) is 4. The number of fused-ring (bicyclic) bond motifs is 1. The highest BCUT2D eigenvalue weighted by Crippen LogP contribution is 2.42. The third kappa shape index (κ3) is 1.99. The Morgan fingerprint density at radius 2 is 2.11 bits per heavy atom. The molecule has 5 heteroatoms. The molecule has 0 bridgehead atoms. The van der Waals surface area contributed by atoms with E-state index in [9.17, 15) is 9.50 Å². The topological polar surface area (TPSA) is 50.7 Å². The van der Waals surface area contributed by atoms with Crippen LogP contribution in [-0.2, 0) is 6.42 Å². The molecule has 98 valence electrons. The monoisotopic (exact) mass is 253 g/mol. The van der Waals surface area contributed by atoms with E-state index in [1.165, 1.54) is 0 Å². The average molecular weight is 253 g/mol. The Kier molecular flexibility index (Phi) is 2.99. The molecule has 0 radical (unpaired) electrons. The van der Waals surface area contributed by atoms with E-state index in [-0.39, 0.29) is 18.3 Å². The quantitative estimate of drug-likeness (QED) is 0.844. The Bertz CT molecular complexity index is 458. The molecule has 4 nitrogen and oxygen atoms in total. The summed E-state index contributed by atoms with van der Waals surface area (Å²) >= 11 is 0. The third-order valence-corrected chi connectivity index (χ3v) is 3.63. The van der Waals surface area contributed by atoms with Crippen LogP contribution in [0.4, 0.5) is 4.39 Å². The molecule has 3 rings (SSSR count). The Hall–Kier alpha value is -1.49. The Morgan fingerprint density at radius 1 is 1.33 bits per heavy atom. The van der Waals surface area contributed by atoms with Crippen molar-refractivity contribution in [2.75, 3.05) is 19.9 Å². The summed E-state index contributed by atoms with van der Waals surface area (Å²) in [5, 5.41) is 13.2. The zero-order chi connectivity index (χ0) is 12.5. The van der Waals surface area contributed by atoms with Crippen LogP contribution in [0.15, 0.2) is 6.07 Å². The van der Waals surface area contributed by atoms with Crippen molar-refractivity contribution in [3.63, 3.8) is 0 Å². The van der Waals surface area contributed by atoms with Crippen molar-refractivity contribution in [3.8, 4) is 17.2 Å². The van der Waals surface area contributed by atoms with Gasteiger partial charge in [0, 0.05) is 5.56 Å². The fraction of sp³-hybridized carbons (Fsp3) is 0.538. The van der Waals surface area contributed by atoms with Gasteiger partial charge in [0.1, 0.15) is 0 Å². The molecule has 2 aliphatic heterocycles. The van der Waals surface area contributed by atoms with E-state index in [0.29, 0.717) is 23.7 Å². The molecule has 1 aromatic carbocycles. The molecule has 1 aromatic rings. The molecule has 0 aliphatic carbocycles. The Labute approximate surface area is 105 Å². The molecule has 2 N–H and O–H groups in total.